The van der Waals surface area contributed by atoms with E-state index in [1.54, 1.807) is 30.1 Å². The molecule has 0 saturated carbocycles. The highest BCUT2D eigenvalue weighted by atomic mass is 19.1. The van der Waals surface area contributed by atoms with Gasteiger partial charge in [0.15, 0.2) is 0 Å². The van der Waals surface area contributed by atoms with Crippen molar-refractivity contribution in [2.24, 2.45) is 7.05 Å². The summed E-state index contributed by atoms with van der Waals surface area (Å²) in [6.07, 6.45) is 1.79. The maximum atomic E-state index is 13.4. The topological polar surface area (TPSA) is 42.7 Å². The minimum Gasteiger partial charge on any atom is -0.377 e. The van der Waals surface area contributed by atoms with E-state index in [1.807, 2.05) is 6.92 Å². The van der Waals surface area contributed by atoms with Gasteiger partial charge in [0.2, 0.25) is 0 Å². The van der Waals surface area contributed by atoms with Crippen molar-refractivity contribution in [3.05, 3.63) is 41.5 Å². The predicted molar refractivity (Wildman–Crippen MR) is 59.5 cm³/mol. The molecule has 0 saturated heterocycles. The van der Waals surface area contributed by atoms with E-state index in [-0.39, 0.29) is 5.82 Å². The van der Waals surface area contributed by atoms with Gasteiger partial charge in [0.1, 0.15) is 11.5 Å². The number of hydrogen-bond donors (Lipinski definition) is 1. The first kappa shape index (κ1) is 10.6. The average Bonchev–Trinajstić information content (AvgIpc) is 2.66. The van der Waals surface area contributed by atoms with Crippen molar-refractivity contribution in [1.82, 2.24) is 15.0 Å². The average molecular weight is 220 g/mol. The van der Waals surface area contributed by atoms with Gasteiger partial charge in [-0.3, -0.25) is 4.68 Å². The van der Waals surface area contributed by atoms with E-state index in [2.05, 4.69) is 15.6 Å². The molecule has 0 aliphatic rings. The summed E-state index contributed by atoms with van der Waals surface area (Å²) in [5.74, 6) is -0.255. The number of anilines is 1. The number of hydrogen-bond acceptors (Lipinski definition) is 3. The zero-order chi connectivity index (χ0) is 11.5. The molecular formula is C11H13FN4. The lowest BCUT2D eigenvalue weighted by Gasteiger charge is -2.06. The van der Waals surface area contributed by atoms with E-state index in [9.17, 15) is 4.39 Å². The summed E-state index contributed by atoms with van der Waals surface area (Å²) in [5.41, 5.74) is 2.29. The molecule has 1 aromatic heterocycles. The first-order chi connectivity index (χ1) is 7.65. The molecule has 1 N–H and O–H groups in total. The normalized spacial score (nSPS) is 10.4. The lowest BCUT2D eigenvalue weighted by molar-refractivity contribution is 0.629. The Hall–Kier alpha value is -1.91. The maximum Gasteiger partial charge on any atom is 0.146 e. The molecule has 0 aliphatic heterocycles. The number of halogens is 1. The summed E-state index contributed by atoms with van der Waals surface area (Å²) in [7, 11) is 1.80. The second-order valence-corrected chi connectivity index (χ2v) is 3.72. The standard InChI is InChI=1S/C11H13FN4/c1-8-3-4-10(12)11(5-8)13-6-9-7-16(2)15-14-9/h3-5,7,13H,6H2,1-2H3. The van der Waals surface area contributed by atoms with Crippen LogP contribution >= 0.6 is 0 Å². The van der Waals surface area contributed by atoms with Crippen LogP contribution < -0.4 is 5.32 Å². The van der Waals surface area contributed by atoms with Gasteiger partial charge < -0.3 is 5.32 Å². The number of nitrogens with one attached hydrogen (secondary N) is 1. The van der Waals surface area contributed by atoms with Crippen molar-refractivity contribution in [3.63, 3.8) is 0 Å². The smallest absolute Gasteiger partial charge is 0.146 e. The largest absolute Gasteiger partial charge is 0.377 e. The summed E-state index contributed by atoms with van der Waals surface area (Å²) in [4.78, 5) is 0. The number of nitrogens with zero attached hydrogens (tertiary/aromatic N) is 3. The highest BCUT2D eigenvalue weighted by Crippen LogP contribution is 2.16. The molecule has 2 aromatic rings. The van der Waals surface area contributed by atoms with Gasteiger partial charge in [-0.15, -0.1) is 5.10 Å². The third-order valence-corrected chi connectivity index (χ3v) is 2.23. The minimum atomic E-state index is -0.255. The van der Waals surface area contributed by atoms with E-state index < -0.39 is 0 Å². The lowest BCUT2D eigenvalue weighted by atomic mass is 10.2. The number of aryl methyl sites for hydroxylation is 2. The Morgan fingerprint density at radius 3 is 2.94 bits per heavy atom. The zero-order valence-electron chi connectivity index (χ0n) is 9.24. The van der Waals surface area contributed by atoms with Gasteiger partial charge in [0, 0.05) is 13.2 Å². The van der Waals surface area contributed by atoms with Gasteiger partial charge in [-0.05, 0) is 24.6 Å². The lowest BCUT2D eigenvalue weighted by Crippen LogP contribution is -2.02. The van der Waals surface area contributed by atoms with Crippen molar-refractivity contribution >= 4 is 5.69 Å². The van der Waals surface area contributed by atoms with E-state index in [1.165, 1.54) is 6.07 Å². The molecule has 0 atom stereocenters. The molecule has 16 heavy (non-hydrogen) atoms. The molecule has 84 valence electrons. The number of rotatable bonds is 3. The van der Waals surface area contributed by atoms with E-state index in [0.717, 1.165) is 11.3 Å². The Morgan fingerprint density at radius 1 is 1.44 bits per heavy atom. The Morgan fingerprint density at radius 2 is 2.25 bits per heavy atom. The summed E-state index contributed by atoms with van der Waals surface area (Å²) >= 11 is 0. The molecule has 4 nitrogen and oxygen atoms in total. The van der Waals surface area contributed by atoms with Gasteiger partial charge in [0.25, 0.3) is 0 Å². The highest BCUT2D eigenvalue weighted by molar-refractivity contribution is 5.47. The summed E-state index contributed by atoms with van der Waals surface area (Å²) in [6, 6.07) is 4.96. The van der Waals surface area contributed by atoms with Crippen LogP contribution in [0.25, 0.3) is 0 Å². The van der Waals surface area contributed by atoms with Crippen molar-refractivity contribution < 1.29 is 4.39 Å². The summed E-state index contributed by atoms with van der Waals surface area (Å²) < 4.78 is 15.0. The van der Waals surface area contributed by atoms with Crippen LogP contribution in [0.15, 0.2) is 24.4 Å². The summed E-state index contributed by atoms with van der Waals surface area (Å²) in [5, 5.41) is 10.7. The second kappa shape index (κ2) is 4.30. The monoisotopic (exact) mass is 220 g/mol. The molecule has 0 radical (unpaired) electrons. The van der Waals surface area contributed by atoms with Crippen LogP contribution in [0.4, 0.5) is 10.1 Å². The van der Waals surface area contributed by atoms with E-state index in [4.69, 9.17) is 0 Å². The molecular weight excluding hydrogens is 207 g/mol. The number of aromatic nitrogens is 3. The Labute approximate surface area is 93.1 Å². The quantitative estimate of drug-likeness (QED) is 0.858. The zero-order valence-corrected chi connectivity index (χ0v) is 9.24. The van der Waals surface area contributed by atoms with Crippen molar-refractivity contribution in [1.29, 1.82) is 0 Å². The van der Waals surface area contributed by atoms with Crippen LogP contribution in [-0.4, -0.2) is 15.0 Å². The minimum absolute atomic E-state index is 0.255. The Kier molecular flexibility index (Phi) is 2.85. The van der Waals surface area contributed by atoms with E-state index >= 15 is 0 Å². The van der Waals surface area contributed by atoms with Gasteiger partial charge in [-0.2, -0.15) is 0 Å². The summed E-state index contributed by atoms with van der Waals surface area (Å²) in [6.45, 7) is 2.39. The first-order valence-electron chi connectivity index (χ1n) is 5.00. The first-order valence-corrected chi connectivity index (χ1v) is 5.00. The van der Waals surface area contributed by atoms with Crippen LogP contribution in [0.3, 0.4) is 0 Å². The molecule has 0 fully saturated rings. The van der Waals surface area contributed by atoms with Crippen LogP contribution in [0.5, 0.6) is 0 Å². The third-order valence-electron chi connectivity index (χ3n) is 2.23. The SMILES string of the molecule is Cc1ccc(F)c(NCc2cn(C)nn2)c1. The molecule has 0 unspecified atom stereocenters. The maximum absolute atomic E-state index is 13.4. The third kappa shape index (κ3) is 2.36. The molecule has 1 aromatic carbocycles. The van der Waals surface area contributed by atoms with Crippen LogP contribution in [0.2, 0.25) is 0 Å². The molecule has 0 spiro atoms. The molecule has 0 bridgehead atoms. The Bertz CT molecular complexity index is 492. The second-order valence-electron chi connectivity index (χ2n) is 3.72. The van der Waals surface area contributed by atoms with Crippen LogP contribution in [0, 0.1) is 12.7 Å². The van der Waals surface area contributed by atoms with Crippen molar-refractivity contribution in [2.75, 3.05) is 5.32 Å². The van der Waals surface area contributed by atoms with Gasteiger partial charge in [-0.25, -0.2) is 4.39 Å². The molecule has 2 rings (SSSR count). The highest BCUT2D eigenvalue weighted by Gasteiger charge is 2.03. The van der Waals surface area contributed by atoms with Gasteiger partial charge in [0.05, 0.1) is 12.2 Å². The fourth-order valence-corrected chi connectivity index (χ4v) is 1.44. The molecule has 0 aliphatic carbocycles. The van der Waals surface area contributed by atoms with E-state index in [0.29, 0.717) is 12.2 Å². The fourth-order valence-electron chi connectivity index (χ4n) is 1.44. The fraction of sp³-hybridized carbons (Fsp3) is 0.273. The Balaban J connectivity index is 2.07. The van der Waals surface area contributed by atoms with Crippen molar-refractivity contribution in [3.8, 4) is 0 Å². The number of benzene rings is 1. The van der Waals surface area contributed by atoms with Gasteiger partial charge >= 0.3 is 0 Å². The van der Waals surface area contributed by atoms with Crippen molar-refractivity contribution in [2.45, 2.75) is 13.5 Å². The predicted octanol–water partition coefficient (Wildman–Crippen LogP) is 1.87. The van der Waals surface area contributed by atoms with Gasteiger partial charge in [-0.1, -0.05) is 11.3 Å². The molecule has 5 heteroatoms. The molecule has 1 heterocycles. The van der Waals surface area contributed by atoms with Crippen LogP contribution in [0.1, 0.15) is 11.3 Å². The van der Waals surface area contributed by atoms with Crippen LogP contribution in [-0.2, 0) is 13.6 Å². The molecule has 0 amide bonds.